The third-order valence-corrected chi connectivity index (χ3v) is 5.45. The Morgan fingerprint density at radius 2 is 2.24 bits per heavy atom. The molecule has 3 aliphatic rings. The van der Waals surface area contributed by atoms with Gasteiger partial charge in [-0.2, -0.15) is 0 Å². The van der Waals surface area contributed by atoms with Crippen molar-refractivity contribution in [1.82, 2.24) is 9.88 Å². The van der Waals surface area contributed by atoms with E-state index in [2.05, 4.69) is 4.98 Å². The maximum atomic E-state index is 12.8. The molecule has 1 aromatic rings. The molecule has 0 spiro atoms. The van der Waals surface area contributed by atoms with Crippen LogP contribution in [0.25, 0.3) is 0 Å². The van der Waals surface area contributed by atoms with Crippen LogP contribution in [0.2, 0.25) is 0 Å². The number of amides is 1. The first-order valence-corrected chi connectivity index (χ1v) is 9.32. The van der Waals surface area contributed by atoms with E-state index >= 15 is 0 Å². The van der Waals surface area contributed by atoms with Gasteiger partial charge in [0.2, 0.25) is 0 Å². The second-order valence-corrected chi connectivity index (χ2v) is 7.18. The summed E-state index contributed by atoms with van der Waals surface area (Å²) < 4.78 is 17.4. The lowest BCUT2D eigenvalue weighted by molar-refractivity contribution is -0.153. The molecule has 2 aliphatic heterocycles. The molecule has 4 rings (SSSR count). The molecule has 2 saturated heterocycles. The SMILES string of the molecule is O=C([C@H]1CCCO1)N1CCO[C@@H]2C[C@@H](COCc3ccccn3)C[C@H]21. The van der Waals surface area contributed by atoms with E-state index in [0.29, 0.717) is 38.9 Å². The average Bonchev–Trinajstić information content (AvgIpc) is 3.31. The van der Waals surface area contributed by atoms with Gasteiger partial charge in [0.1, 0.15) is 6.10 Å². The van der Waals surface area contributed by atoms with Gasteiger partial charge in [-0.15, -0.1) is 0 Å². The summed E-state index contributed by atoms with van der Waals surface area (Å²) in [6.45, 7) is 3.24. The van der Waals surface area contributed by atoms with E-state index in [0.717, 1.165) is 31.4 Å². The molecule has 0 aromatic carbocycles. The minimum Gasteiger partial charge on any atom is -0.375 e. The molecule has 1 aromatic heterocycles. The first-order chi connectivity index (χ1) is 12.3. The van der Waals surface area contributed by atoms with Crippen molar-refractivity contribution >= 4 is 5.91 Å². The van der Waals surface area contributed by atoms with E-state index in [-0.39, 0.29) is 24.2 Å². The Balaban J connectivity index is 1.30. The van der Waals surface area contributed by atoms with Crippen molar-refractivity contribution in [2.75, 3.05) is 26.4 Å². The highest BCUT2D eigenvalue weighted by Crippen LogP contribution is 2.35. The molecular formula is C19H26N2O4. The van der Waals surface area contributed by atoms with Crippen molar-refractivity contribution in [3.05, 3.63) is 30.1 Å². The third kappa shape index (κ3) is 3.86. The smallest absolute Gasteiger partial charge is 0.252 e. The van der Waals surface area contributed by atoms with Crippen molar-refractivity contribution in [2.24, 2.45) is 5.92 Å². The van der Waals surface area contributed by atoms with Crippen LogP contribution < -0.4 is 0 Å². The summed E-state index contributed by atoms with van der Waals surface area (Å²) in [6, 6.07) is 6.02. The van der Waals surface area contributed by atoms with Crippen LogP contribution in [0, 0.1) is 5.92 Å². The van der Waals surface area contributed by atoms with Crippen LogP contribution in [0.4, 0.5) is 0 Å². The third-order valence-electron chi connectivity index (χ3n) is 5.45. The van der Waals surface area contributed by atoms with Crippen molar-refractivity contribution in [3.63, 3.8) is 0 Å². The summed E-state index contributed by atoms with van der Waals surface area (Å²) in [6.07, 6.45) is 5.43. The van der Waals surface area contributed by atoms with Gasteiger partial charge in [0.05, 0.1) is 37.7 Å². The Kier molecular flexibility index (Phi) is 5.29. The van der Waals surface area contributed by atoms with Crippen molar-refractivity contribution in [3.8, 4) is 0 Å². The summed E-state index contributed by atoms with van der Waals surface area (Å²) >= 11 is 0. The standard InChI is InChI=1S/C19H26N2O4/c22-19(17-5-3-8-24-17)21-7-9-25-18-11-14(10-16(18)21)12-23-13-15-4-1-2-6-20-15/h1-2,4,6,14,16-18H,3,5,7-13H2/t14-,16+,17+,18+/m0/s1. The highest BCUT2D eigenvalue weighted by molar-refractivity contribution is 5.81. The van der Waals surface area contributed by atoms with Gasteiger partial charge in [-0.1, -0.05) is 6.07 Å². The topological polar surface area (TPSA) is 60.9 Å². The number of morpholine rings is 1. The fraction of sp³-hybridized carbons (Fsp3) is 0.684. The molecular weight excluding hydrogens is 320 g/mol. The van der Waals surface area contributed by atoms with Gasteiger partial charge in [-0.05, 0) is 43.7 Å². The van der Waals surface area contributed by atoms with Gasteiger partial charge in [-0.3, -0.25) is 9.78 Å². The lowest BCUT2D eigenvalue weighted by atomic mass is 10.1. The van der Waals surface area contributed by atoms with Gasteiger partial charge in [0.25, 0.3) is 5.91 Å². The largest absolute Gasteiger partial charge is 0.375 e. The number of pyridine rings is 1. The Morgan fingerprint density at radius 1 is 1.28 bits per heavy atom. The zero-order valence-electron chi connectivity index (χ0n) is 14.5. The van der Waals surface area contributed by atoms with Crippen molar-refractivity contribution in [2.45, 2.75) is 50.5 Å². The van der Waals surface area contributed by atoms with Crippen LogP contribution in [0.5, 0.6) is 0 Å². The summed E-state index contributed by atoms with van der Waals surface area (Å²) in [5, 5.41) is 0. The Bertz CT molecular complexity index is 576. The summed E-state index contributed by atoms with van der Waals surface area (Å²) in [7, 11) is 0. The number of hydrogen-bond donors (Lipinski definition) is 0. The zero-order valence-corrected chi connectivity index (χ0v) is 14.5. The molecule has 1 amide bonds. The summed E-state index contributed by atoms with van der Waals surface area (Å²) in [5.74, 6) is 0.586. The monoisotopic (exact) mass is 346 g/mol. The summed E-state index contributed by atoms with van der Waals surface area (Å²) in [5.41, 5.74) is 0.948. The van der Waals surface area contributed by atoms with Crippen molar-refractivity contribution in [1.29, 1.82) is 0 Å². The van der Waals surface area contributed by atoms with Crippen LogP contribution in [-0.2, 0) is 25.6 Å². The molecule has 136 valence electrons. The summed E-state index contributed by atoms with van der Waals surface area (Å²) in [4.78, 5) is 19.0. The maximum Gasteiger partial charge on any atom is 0.252 e. The predicted molar refractivity (Wildman–Crippen MR) is 90.8 cm³/mol. The van der Waals surface area contributed by atoms with Gasteiger partial charge in [0, 0.05) is 19.3 Å². The van der Waals surface area contributed by atoms with Crippen LogP contribution in [0.15, 0.2) is 24.4 Å². The van der Waals surface area contributed by atoms with E-state index in [9.17, 15) is 4.79 Å². The maximum absolute atomic E-state index is 12.8. The predicted octanol–water partition coefficient (Wildman–Crippen LogP) is 1.78. The fourth-order valence-electron chi connectivity index (χ4n) is 4.23. The number of carbonyl (C=O) groups excluding carboxylic acids is 1. The Hall–Kier alpha value is -1.50. The number of carbonyl (C=O) groups is 1. The number of hydrogen-bond acceptors (Lipinski definition) is 5. The zero-order chi connectivity index (χ0) is 17.1. The normalized spacial score (nSPS) is 31.9. The highest BCUT2D eigenvalue weighted by atomic mass is 16.5. The molecule has 0 radical (unpaired) electrons. The van der Waals surface area contributed by atoms with E-state index in [1.807, 2.05) is 23.1 Å². The number of ether oxygens (including phenoxy) is 3. The number of fused-ring (bicyclic) bond motifs is 1. The van der Waals surface area contributed by atoms with Crippen LogP contribution in [0.3, 0.4) is 0 Å². The van der Waals surface area contributed by atoms with Gasteiger partial charge >= 0.3 is 0 Å². The average molecular weight is 346 g/mol. The second-order valence-electron chi connectivity index (χ2n) is 7.18. The molecule has 3 heterocycles. The lowest BCUT2D eigenvalue weighted by Crippen LogP contribution is -2.54. The minimum atomic E-state index is -0.238. The quantitative estimate of drug-likeness (QED) is 0.813. The fourth-order valence-corrected chi connectivity index (χ4v) is 4.23. The van der Waals surface area contributed by atoms with Crippen LogP contribution in [-0.4, -0.2) is 60.4 Å². The van der Waals surface area contributed by atoms with E-state index in [1.165, 1.54) is 0 Å². The van der Waals surface area contributed by atoms with E-state index in [1.54, 1.807) is 6.20 Å². The molecule has 6 nitrogen and oxygen atoms in total. The van der Waals surface area contributed by atoms with E-state index < -0.39 is 0 Å². The van der Waals surface area contributed by atoms with Gasteiger partial charge < -0.3 is 19.1 Å². The second kappa shape index (κ2) is 7.81. The Labute approximate surface area is 148 Å². The van der Waals surface area contributed by atoms with Crippen LogP contribution in [0.1, 0.15) is 31.4 Å². The molecule has 3 fully saturated rings. The molecule has 0 unspecified atom stereocenters. The molecule has 6 heteroatoms. The molecule has 0 bridgehead atoms. The first-order valence-electron chi connectivity index (χ1n) is 9.32. The highest BCUT2D eigenvalue weighted by Gasteiger charge is 2.44. The number of rotatable bonds is 5. The van der Waals surface area contributed by atoms with Crippen LogP contribution >= 0.6 is 0 Å². The molecule has 25 heavy (non-hydrogen) atoms. The molecule has 1 saturated carbocycles. The van der Waals surface area contributed by atoms with Gasteiger partial charge in [-0.25, -0.2) is 0 Å². The van der Waals surface area contributed by atoms with E-state index in [4.69, 9.17) is 14.2 Å². The molecule has 0 N–H and O–H groups in total. The minimum absolute atomic E-state index is 0.141. The first kappa shape index (κ1) is 16.9. The Morgan fingerprint density at radius 3 is 3.04 bits per heavy atom. The lowest BCUT2D eigenvalue weighted by Gasteiger charge is -2.38. The molecule has 4 atom stereocenters. The molecule has 1 aliphatic carbocycles. The van der Waals surface area contributed by atoms with Gasteiger partial charge in [0.15, 0.2) is 0 Å². The number of aromatic nitrogens is 1. The van der Waals surface area contributed by atoms with Crippen molar-refractivity contribution < 1.29 is 19.0 Å². The number of nitrogens with zero attached hydrogens (tertiary/aromatic N) is 2.